The number of hydrogen-bond acceptors (Lipinski definition) is 3. The van der Waals surface area contributed by atoms with Gasteiger partial charge in [-0.05, 0) is 31.6 Å². The molecule has 1 saturated heterocycles. The van der Waals surface area contributed by atoms with Gasteiger partial charge in [-0.2, -0.15) is 0 Å². The Hall–Kier alpha value is -0.900. The van der Waals surface area contributed by atoms with Crippen molar-refractivity contribution < 1.29 is 4.79 Å². The van der Waals surface area contributed by atoms with Crippen molar-refractivity contribution in [1.82, 2.24) is 9.80 Å². The van der Waals surface area contributed by atoms with Crippen LogP contribution in [0.3, 0.4) is 0 Å². The van der Waals surface area contributed by atoms with Crippen LogP contribution < -0.4 is 0 Å². The molecule has 4 heteroatoms. The van der Waals surface area contributed by atoms with E-state index in [9.17, 15) is 4.79 Å². The molecule has 0 aliphatic carbocycles. The summed E-state index contributed by atoms with van der Waals surface area (Å²) in [6.07, 6.45) is 1.15. The van der Waals surface area contributed by atoms with Gasteiger partial charge >= 0.3 is 0 Å². The molecule has 2 rings (SSSR count). The van der Waals surface area contributed by atoms with Crippen molar-refractivity contribution in [3.8, 4) is 0 Å². The third-order valence-corrected chi connectivity index (χ3v) is 4.45. The minimum Gasteiger partial charge on any atom is -0.300 e. The molecule has 0 aromatic heterocycles. The van der Waals surface area contributed by atoms with E-state index in [0.717, 1.165) is 32.6 Å². The highest BCUT2D eigenvalue weighted by Gasteiger charge is 2.27. The molecule has 3 nitrogen and oxygen atoms in total. The van der Waals surface area contributed by atoms with E-state index in [4.69, 9.17) is 11.6 Å². The second kappa shape index (κ2) is 7.21. The van der Waals surface area contributed by atoms with Crippen molar-refractivity contribution in [1.29, 1.82) is 0 Å². The number of carbonyl (C=O) groups excluding carboxylic acids is 1. The lowest BCUT2D eigenvalue weighted by Crippen LogP contribution is -2.38. The van der Waals surface area contributed by atoms with Gasteiger partial charge in [-0.25, -0.2) is 0 Å². The van der Waals surface area contributed by atoms with Crippen LogP contribution in [-0.4, -0.2) is 54.3 Å². The van der Waals surface area contributed by atoms with E-state index < -0.39 is 0 Å². The SMILES string of the molecule is CCN(CC)C1CCN(CC(=O)c2ccccc2Cl)C1. The van der Waals surface area contributed by atoms with Crippen LogP contribution in [0.4, 0.5) is 0 Å². The lowest BCUT2D eigenvalue weighted by Gasteiger charge is -2.26. The molecule has 1 heterocycles. The third-order valence-electron chi connectivity index (χ3n) is 4.12. The number of benzene rings is 1. The summed E-state index contributed by atoms with van der Waals surface area (Å²) in [7, 11) is 0. The minimum atomic E-state index is 0.121. The fourth-order valence-corrected chi connectivity index (χ4v) is 3.21. The molecule has 0 spiro atoms. The minimum absolute atomic E-state index is 0.121. The van der Waals surface area contributed by atoms with Gasteiger partial charge in [-0.3, -0.25) is 14.6 Å². The predicted octanol–water partition coefficient (Wildman–Crippen LogP) is 2.94. The first-order valence-corrected chi connectivity index (χ1v) is 7.77. The molecular weight excluding hydrogens is 272 g/mol. The summed E-state index contributed by atoms with van der Waals surface area (Å²) < 4.78 is 0. The summed E-state index contributed by atoms with van der Waals surface area (Å²) in [6, 6.07) is 7.89. The van der Waals surface area contributed by atoms with Gasteiger partial charge in [0.2, 0.25) is 0 Å². The Labute approximate surface area is 126 Å². The lowest BCUT2D eigenvalue weighted by atomic mass is 10.1. The second-order valence-electron chi connectivity index (χ2n) is 5.30. The fraction of sp³-hybridized carbons (Fsp3) is 0.562. The normalized spacial score (nSPS) is 19.7. The monoisotopic (exact) mass is 294 g/mol. The van der Waals surface area contributed by atoms with E-state index in [1.165, 1.54) is 0 Å². The second-order valence-corrected chi connectivity index (χ2v) is 5.71. The zero-order chi connectivity index (χ0) is 14.5. The Morgan fingerprint density at radius 1 is 1.35 bits per heavy atom. The van der Waals surface area contributed by atoms with Crippen LogP contribution >= 0.6 is 11.6 Å². The number of halogens is 1. The average molecular weight is 295 g/mol. The molecule has 1 aromatic rings. The summed E-state index contributed by atoms with van der Waals surface area (Å²) in [4.78, 5) is 17.0. The molecule has 1 atom stereocenters. The Balaban J connectivity index is 1.92. The summed E-state index contributed by atoms with van der Waals surface area (Å²) in [6.45, 7) is 9.00. The number of hydrogen-bond donors (Lipinski definition) is 0. The van der Waals surface area contributed by atoms with Gasteiger partial charge in [0.25, 0.3) is 0 Å². The number of likely N-dealkylation sites (tertiary alicyclic amines) is 1. The fourth-order valence-electron chi connectivity index (χ4n) is 2.97. The van der Waals surface area contributed by atoms with Crippen LogP contribution in [0.15, 0.2) is 24.3 Å². The highest BCUT2D eigenvalue weighted by Crippen LogP contribution is 2.19. The molecule has 1 aromatic carbocycles. The van der Waals surface area contributed by atoms with Gasteiger partial charge in [-0.1, -0.05) is 37.6 Å². The van der Waals surface area contributed by atoms with Crippen LogP contribution in [0, 0.1) is 0 Å². The Morgan fingerprint density at radius 3 is 2.70 bits per heavy atom. The number of Topliss-reactive ketones (excluding diaryl/α,β-unsaturated/α-hetero) is 1. The van der Waals surface area contributed by atoms with Crippen molar-refractivity contribution in [2.75, 3.05) is 32.7 Å². The predicted molar refractivity (Wildman–Crippen MR) is 83.5 cm³/mol. The standard InChI is InChI=1S/C16H23ClN2O/c1-3-19(4-2)13-9-10-18(11-13)12-16(20)14-7-5-6-8-15(14)17/h5-8,13H,3-4,9-12H2,1-2H3. The van der Waals surface area contributed by atoms with Crippen molar-refractivity contribution in [3.63, 3.8) is 0 Å². The molecule has 1 fully saturated rings. The number of ketones is 1. The molecule has 0 saturated carbocycles. The van der Waals surface area contributed by atoms with E-state index in [1.54, 1.807) is 6.07 Å². The molecule has 0 N–H and O–H groups in total. The summed E-state index contributed by atoms with van der Waals surface area (Å²) >= 11 is 6.08. The first kappa shape index (κ1) is 15.5. The lowest BCUT2D eigenvalue weighted by molar-refractivity contribution is 0.0939. The molecule has 1 unspecified atom stereocenters. The molecule has 0 bridgehead atoms. The summed E-state index contributed by atoms with van der Waals surface area (Å²) in [5.74, 6) is 0.121. The zero-order valence-electron chi connectivity index (χ0n) is 12.3. The maximum atomic E-state index is 12.3. The molecule has 0 amide bonds. The number of carbonyl (C=O) groups is 1. The Morgan fingerprint density at radius 2 is 2.05 bits per heavy atom. The van der Waals surface area contributed by atoms with E-state index in [0.29, 0.717) is 23.2 Å². The third kappa shape index (κ3) is 3.60. The number of likely N-dealkylation sites (N-methyl/N-ethyl adjacent to an activating group) is 1. The van der Waals surface area contributed by atoms with Crippen molar-refractivity contribution in [3.05, 3.63) is 34.9 Å². The molecule has 1 aliphatic rings. The van der Waals surface area contributed by atoms with Gasteiger partial charge in [0.1, 0.15) is 0 Å². The van der Waals surface area contributed by atoms with Crippen molar-refractivity contribution in [2.24, 2.45) is 0 Å². The average Bonchev–Trinajstić information content (AvgIpc) is 2.89. The first-order chi connectivity index (χ1) is 9.65. The topological polar surface area (TPSA) is 23.6 Å². The maximum absolute atomic E-state index is 12.3. The van der Waals surface area contributed by atoms with Crippen LogP contribution in [0.2, 0.25) is 5.02 Å². The van der Waals surface area contributed by atoms with Crippen LogP contribution in [-0.2, 0) is 0 Å². The first-order valence-electron chi connectivity index (χ1n) is 7.39. The molecule has 1 aliphatic heterocycles. The van der Waals surface area contributed by atoms with Gasteiger partial charge in [-0.15, -0.1) is 0 Å². The summed E-state index contributed by atoms with van der Waals surface area (Å²) in [5.41, 5.74) is 0.639. The van der Waals surface area contributed by atoms with E-state index in [1.807, 2.05) is 18.2 Å². The smallest absolute Gasteiger partial charge is 0.178 e. The van der Waals surface area contributed by atoms with Crippen LogP contribution in [0.1, 0.15) is 30.6 Å². The summed E-state index contributed by atoms with van der Waals surface area (Å²) in [5, 5.41) is 0.553. The quantitative estimate of drug-likeness (QED) is 0.754. The number of rotatable bonds is 6. The van der Waals surface area contributed by atoms with Gasteiger partial charge < -0.3 is 0 Å². The number of nitrogens with zero attached hydrogens (tertiary/aromatic N) is 2. The maximum Gasteiger partial charge on any atom is 0.178 e. The molecule has 110 valence electrons. The van der Waals surface area contributed by atoms with E-state index >= 15 is 0 Å². The molecule has 0 radical (unpaired) electrons. The highest BCUT2D eigenvalue weighted by atomic mass is 35.5. The van der Waals surface area contributed by atoms with Gasteiger partial charge in [0, 0.05) is 24.7 Å². The largest absolute Gasteiger partial charge is 0.300 e. The van der Waals surface area contributed by atoms with Gasteiger partial charge in [0.05, 0.1) is 11.6 Å². The van der Waals surface area contributed by atoms with Crippen LogP contribution in [0.5, 0.6) is 0 Å². The molecular formula is C16H23ClN2O. The van der Waals surface area contributed by atoms with Crippen molar-refractivity contribution in [2.45, 2.75) is 26.3 Å². The Kier molecular flexibility index (Phi) is 5.58. The van der Waals surface area contributed by atoms with Crippen LogP contribution in [0.25, 0.3) is 0 Å². The van der Waals surface area contributed by atoms with E-state index in [-0.39, 0.29) is 5.78 Å². The zero-order valence-corrected chi connectivity index (χ0v) is 13.1. The Bertz CT molecular complexity index is 460. The van der Waals surface area contributed by atoms with Gasteiger partial charge in [0.15, 0.2) is 5.78 Å². The molecule has 20 heavy (non-hydrogen) atoms. The highest BCUT2D eigenvalue weighted by molar-refractivity contribution is 6.34. The van der Waals surface area contributed by atoms with E-state index in [2.05, 4.69) is 23.6 Å². The van der Waals surface area contributed by atoms with Crippen molar-refractivity contribution >= 4 is 17.4 Å².